The number of fused-ring (bicyclic) bond motifs is 1. The average molecular weight is 465 g/mol. The number of benzene rings is 2. The van der Waals surface area contributed by atoms with Crippen LogP contribution in [0.2, 0.25) is 0 Å². The molecule has 184 valence electrons. The maximum absolute atomic E-state index is 12.5. The second-order valence-electron chi connectivity index (χ2n) is 9.14. The molecule has 1 aromatic heterocycles. The molecular weight excluding hydrogens is 424 g/mol. The third-order valence-corrected chi connectivity index (χ3v) is 6.36. The molecule has 0 radical (unpaired) electrons. The fourth-order valence-electron chi connectivity index (χ4n) is 4.34. The Labute approximate surface area is 203 Å². The Morgan fingerprint density at radius 3 is 2.41 bits per heavy atom. The maximum atomic E-state index is 12.5. The lowest BCUT2D eigenvalue weighted by atomic mass is 10.0. The average Bonchev–Trinajstić information content (AvgIpc) is 2.85. The minimum Gasteiger partial charge on any atom is -0.497 e. The molecular formula is C28H40N4O2. The summed E-state index contributed by atoms with van der Waals surface area (Å²) in [5.41, 5.74) is 10.1. The van der Waals surface area contributed by atoms with Crippen LogP contribution in [0.25, 0.3) is 10.9 Å². The van der Waals surface area contributed by atoms with Gasteiger partial charge in [-0.15, -0.1) is 0 Å². The molecule has 1 fully saturated rings. The molecule has 0 spiro atoms. The molecule has 4 rings (SSSR count). The Morgan fingerprint density at radius 2 is 1.74 bits per heavy atom. The number of methoxy groups -OCH3 is 1. The lowest BCUT2D eigenvalue weighted by Crippen LogP contribution is -2.43. The molecule has 6 nitrogen and oxygen atoms in total. The fraction of sp³-hybridized carbons (Fsp3) is 0.464. The summed E-state index contributed by atoms with van der Waals surface area (Å²) in [5, 5.41) is 4.74. The van der Waals surface area contributed by atoms with E-state index >= 15 is 0 Å². The zero-order chi connectivity index (χ0) is 24.5. The molecule has 0 unspecified atom stereocenters. The van der Waals surface area contributed by atoms with Crippen LogP contribution in [-0.2, 0) is 13.1 Å². The third kappa shape index (κ3) is 6.84. The summed E-state index contributed by atoms with van der Waals surface area (Å²) >= 11 is 0. The Bertz CT molecular complexity index is 1120. The van der Waals surface area contributed by atoms with Gasteiger partial charge in [0.1, 0.15) is 5.75 Å². The predicted octanol–water partition coefficient (Wildman–Crippen LogP) is 4.57. The van der Waals surface area contributed by atoms with Gasteiger partial charge >= 0.3 is 0 Å². The quantitative estimate of drug-likeness (QED) is 0.501. The Balaban J connectivity index is 0.00000103. The van der Waals surface area contributed by atoms with E-state index in [1.807, 2.05) is 34.9 Å². The highest BCUT2D eigenvalue weighted by molar-refractivity contribution is 5.80. The van der Waals surface area contributed by atoms with Gasteiger partial charge in [0.25, 0.3) is 5.56 Å². The molecule has 1 aliphatic heterocycles. The molecule has 1 saturated heterocycles. The van der Waals surface area contributed by atoms with Crippen LogP contribution in [0.3, 0.4) is 0 Å². The maximum Gasteiger partial charge on any atom is 0.251 e. The number of ether oxygens (including phenoxy) is 1. The van der Waals surface area contributed by atoms with Crippen molar-refractivity contribution >= 4 is 16.6 Å². The van der Waals surface area contributed by atoms with Gasteiger partial charge in [-0.3, -0.25) is 4.79 Å². The van der Waals surface area contributed by atoms with Gasteiger partial charge in [-0.25, -0.2) is 0 Å². The lowest BCUT2D eigenvalue weighted by Gasteiger charge is -2.32. The molecule has 0 amide bonds. The monoisotopic (exact) mass is 464 g/mol. The number of nitrogens with one attached hydrogen (secondary N) is 1. The Hall–Kier alpha value is -2.83. The van der Waals surface area contributed by atoms with Crippen molar-refractivity contribution in [3.05, 3.63) is 70.0 Å². The first-order valence-corrected chi connectivity index (χ1v) is 12.4. The Morgan fingerprint density at radius 1 is 1.03 bits per heavy atom. The number of anilines is 1. The van der Waals surface area contributed by atoms with Crippen LogP contribution in [-0.4, -0.2) is 42.3 Å². The van der Waals surface area contributed by atoms with E-state index in [-0.39, 0.29) is 5.56 Å². The summed E-state index contributed by atoms with van der Waals surface area (Å²) in [6, 6.07) is 16.2. The number of likely N-dealkylation sites (tertiary alicyclic amines) is 1. The fourth-order valence-corrected chi connectivity index (χ4v) is 4.34. The molecule has 0 saturated carbocycles. The van der Waals surface area contributed by atoms with Crippen molar-refractivity contribution in [2.24, 2.45) is 0 Å². The van der Waals surface area contributed by atoms with Gasteiger partial charge in [-0.1, -0.05) is 32.4 Å². The minimum atomic E-state index is 0.0381. The summed E-state index contributed by atoms with van der Waals surface area (Å²) < 4.78 is 7.22. The van der Waals surface area contributed by atoms with E-state index in [2.05, 4.69) is 43.1 Å². The molecule has 0 atom stereocenters. The molecule has 0 bridgehead atoms. The molecule has 3 N–H and O–H groups in total. The van der Waals surface area contributed by atoms with Crippen LogP contribution < -0.4 is 21.3 Å². The number of hydrogen-bond acceptors (Lipinski definition) is 5. The smallest absolute Gasteiger partial charge is 0.251 e. The molecule has 2 heterocycles. The van der Waals surface area contributed by atoms with Crippen molar-refractivity contribution in [1.29, 1.82) is 0 Å². The summed E-state index contributed by atoms with van der Waals surface area (Å²) in [5.74, 6) is 0.773. The SMILES string of the molecule is CCC.COc1ccc2ccc(=O)n(CCN3CCC(NCc4ccc(N)c(C)c4)CC3)c2c1. The number of hydrogen-bond donors (Lipinski definition) is 2. The van der Waals surface area contributed by atoms with Gasteiger partial charge in [0, 0.05) is 43.5 Å². The van der Waals surface area contributed by atoms with Gasteiger partial charge in [0.05, 0.1) is 12.6 Å². The summed E-state index contributed by atoms with van der Waals surface area (Å²) in [4.78, 5) is 15.0. The summed E-state index contributed by atoms with van der Waals surface area (Å²) in [6.07, 6.45) is 3.48. The van der Waals surface area contributed by atoms with E-state index < -0.39 is 0 Å². The van der Waals surface area contributed by atoms with Gasteiger partial charge in [0.2, 0.25) is 0 Å². The van der Waals surface area contributed by atoms with E-state index in [0.717, 1.165) is 66.9 Å². The number of aromatic nitrogens is 1. The van der Waals surface area contributed by atoms with E-state index in [4.69, 9.17) is 10.5 Å². The summed E-state index contributed by atoms with van der Waals surface area (Å²) in [7, 11) is 1.65. The van der Waals surface area contributed by atoms with Crippen molar-refractivity contribution in [2.45, 2.75) is 59.2 Å². The lowest BCUT2D eigenvalue weighted by molar-refractivity contribution is 0.191. The number of rotatable bonds is 7. The Kier molecular flexibility index (Phi) is 9.54. The van der Waals surface area contributed by atoms with E-state index in [1.54, 1.807) is 13.2 Å². The van der Waals surface area contributed by atoms with Crippen LogP contribution in [0.5, 0.6) is 5.75 Å². The number of aryl methyl sites for hydroxylation is 1. The first kappa shape index (κ1) is 25.8. The molecule has 1 aliphatic rings. The molecule has 3 aromatic rings. The zero-order valence-electron chi connectivity index (χ0n) is 21.1. The van der Waals surface area contributed by atoms with Crippen molar-refractivity contribution < 1.29 is 4.74 Å². The van der Waals surface area contributed by atoms with Crippen LogP contribution in [0.1, 0.15) is 44.2 Å². The van der Waals surface area contributed by atoms with Crippen LogP contribution in [0, 0.1) is 6.92 Å². The zero-order valence-corrected chi connectivity index (χ0v) is 21.1. The number of nitrogens with zero attached hydrogens (tertiary/aromatic N) is 2. The second kappa shape index (κ2) is 12.6. The van der Waals surface area contributed by atoms with Crippen LogP contribution >= 0.6 is 0 Å². The van der Waals surface area contributed by atoms with E-state index in [1.165, 1.54) is 12.0 Å². The van der Waals surface area contributed by atoms with E-state index in [0.29, 0.717) is 12.6 Å². The number of nitrogen functional groups attached to an aromatic ring is 1. The van der Waals surface area contributed by atoms with E-state index in [9.17, 15) is 4.79 Å². The molecule has 0 aliphatic carbocycles. The summed E-state index contributed by atoms with van der Waals surface area (Å²) in [6.45, 7) is 10.8. The number of nitrogens with two attached hydrogens (primary N) is 1. The second-order valence-corrected chi connectivity index (χ2v) is 9.14. The number of piperidine rings is 1. The predicted molar refractivity (Wildman–Crippen MR) is 143 cm³/mol. The van der Waals surface area contributed by atoms with Crippen molar-refractivity contribution in [3.63, 3.8) is 0 Å². The highest BCUT2D eigenvalue weighted by atomic mass is 16.5. The minimum absolute atomic E-state index is 0.0381. The van der Waals surface area contributed by atoms with Crippen LogP contribution in [0.4, 0.5) is 5.69 Å². The highest BCUT2D eigenvalue weighted by Crippen LogP contribution is 2.20. The van der Waals surface area contributed by atoms with Crippen LogP contribution in [0.15, 0.2) is 53.3 Å². The van der Waals surface area contributed by atoms with Gasteiger partial charge < -0.3 is 25.3 Å². The topological polar surface area (TPSA) is 72.5 Å². The van der Waals surface area contributed by atoms with Crippen molar-refractivity contribution in [3.8, 4) is 5.75 Å². The molecule has 2 aromatic carbocycles. The van der Waals surface area contributed by atoms with Gasteiger partial charge in [-0.05, 0) is 73.6 Å². The molecule has 6 heteroatoms. The first-order valence-electron chi connectivity index (χ1n) is 12.4. The number of pyridine rings is 1. The van der Waals surface area contributed by atoms with Crippen molar-refractivity contribution in [2.75, 3.05) is 32.5 Å². The largest absolute Gasteiger partial charge is 0.497 e. The first-order chi connectivity index (χ1) is 16.4. The van der Waals surface area contributed by atoms with Gasteiger partial charge in [-0.2, -0.15) is 0 Å². The normalized spacial score (nSPS) is 14.6. The van der Waals surface area contributed by atoms with Crippen molar-refractivity contribution in [1.82, 2.24) is 14.8 Å². The third-order valence-electron chi connectivity index (χ3n) is 6.36. The van der Waals surface area contributed by atoms with Gasteiger partial charge in [0.15, 0.2) is 0 Å². The highest BCUT2D eigenvalue weighted by Gasteiger charge is 2.19. The standard InChI is InChI=1S/C25H32N4O2.C3H8/c1-18-15-19(3-7-23(18)26)17-27-21-9-11-28(12-10-21)13-14-29-24-16-22(31-2)6-4-20(24)5-8-25(29)30;1-3-2/h3-8,15-16,21,27H,9-14,17,26H2,1-2H3;3H2,1-2H3. The molecule has 34 heavy (non-hydrogen) atoms.